The molecule has 0 radical (unpaired) electrons. The maximum Gasteiger partial charge on any atom is 0.226 e. The Balaban J connectivity index is 2.32. The van der Waals surface area contributed by atoms with Crippen molar-refractivity contribution >= 4 is 11.8 Å². The molecule has 20 heavy (non-hydrogen) atoms. The molecule has 110 valence electrons. The molecule has 0 amide bonds. The summed E-state index contributed by atoms with van der Waals surface area (Å²) in [5, 5.41) is 11.8. The van der Waals surface area contributed by atoms with Gasteiger partial charge < -0.3 is 15.8 Å². The fourth-order valence-electron chi connectivity index (χ4n) is 2.76. The summed E-state index contributed by atoms with van der Waals surface area (Å²) in [5.41, 5.74) is 6.96. The largest absolute Gasteiger partial charge is 0.409 e. The zero-order valence-corrected chi connectivity index (χ0v) is 12.2. The number of hydrogen-bond acceptors (Lipinski definition) is 5. The molecule has 0 spiro atoms. The van der Waals surface area contributed by atoms with Gasteiger partial charge in [0.15, 0.2) is 5.84 Å². The summed E-state index contributed by atoms with van der Waals surface area (Å²) in [6, 6.07) is 2.23. The second kappa shape index (κ2) is 6.54. The van der Waals surface area contributed by atoms with Gasteiger partial charge in [0.25, 0.3) is 0 Å². The Hall–Kier alpha value is -1.85. The van der Waals surface area contributed by atoms with Crippen LogP contribution in [0.1, 0.15) is 50.4 Å². The molecule has 1 aromatic heterocycles. The fourth-order valence-corrected chi connectivity index (χ4v) is 2.76. The van der Waals surface area contributed by atoms with Crippen LogP contribution in [0.4, 0.5) is 5.95 Å². The quantitative estimate of drug-likeness (QED) is 0.380. The summed E-state index contributed by atoms with van der Waals surface area (Å²) in [6.07, 6.45) is 5.91. The zero-order valence-electron chi connectivity index (χ0n) is 12.2. The van der Waals surface area contributed by atoms with Gasteiger partial charge in [-0.25, -0.2) is 9.97 Å². The molecule has 3 N–H and O–H groups in total. The monoisotopic (exact) mass is 277 g/mol. The van der Waals surface area contributed by atoms with Crippen LogP contribution in [0.15, 0.2) is 11.2 Å². The van der Waals surface area contributed by atoms with E-state index in [4.69, 9.17) is 10.9 Å². The SMILES string of the molecule is CCCC1CCCCN1c1nc(C)cc(/C(N)=N/O)n1. The van der Waals surface area contributed by atoms with Gasteiger partial charge >= 0.3 is 0 Å². The number of anilines is 1. The molecule has 0 aliphatic carbocycles. The van der Waals surface area contributed by atoms with Crippen molar-refractivity contribution in [1.82, 2.24) is 9.97 Å². The van der Waals surface area contributed by atoms with E-state index in [1.165, 1.54) is 12.8 Å². The lowest BCUT2D eigenvalue weighted by Gasteiger charge is -2.36. The van der Waals surface area contributed by atoms with Crippen LogP contribution in [0.2, 0.25) is 0 Å². The number of amidine groups is 1. The van der Waals surface area contributed by atoms with Gasteiger partial charge in [0, 0.05) is 18.3 Å². The van der Waals surface area contributed by atoms with E-state index in [0.717, 1.165) is 31.5 Å². The Morgan fingerprint density at radius 3 is 3.00 bits per heavy atom. The smallest absolute Gasteiger partial charge is 0.226 e. The van der Waals surface area contributed by atoms with E-state index in [0.29, 0.717) is 17.7 Å². The number of nitrogens with zero attached hydrogens (tertiary/aromatic N) is 4. The molecule has 1 unspecified atom stereocenters. The number of piperidine rings is 1. The van der Waals surface area contributed by atoms with Crippen LogP contribution in [0.5, 0.6) is 0 Å². The number of hydrogen-bond donors (Lipinski definition) is 2. The van der Waals surface area contributed by atoms with E-state index in [-0.39, 0.29) is 5.84 Å². The number of rotatable bonds is 4. The van der Waals surface area contributed by atoms with E-state index in [2.05, 4.69) is 26.9 Å². The van der Waals surface area contributed by atoms with Crippen LogP contribution in [0.3, 0.4) is 0 Å². The van der Waals surface area contributed by atoms with Crippen molar-refractivity contribution in [2.75, 3.05) is 11.4 Å². The fraction of sp³-hybridized carbons (Fsp3) is 0.643. The minimum atomic E-state index is 0.0285. The molecule has 1 fully saturated rings. The lowest BCUT2D eigenvalue weighted by atomic mass is 9.99. The Morgan fingerprint density at radius 2 is 2.30 bits per heavy atom. The van der Waals surface area contributed by atoms with Crippen molar-refractivity contribution in [1.29, 1.82) is 0 Å². The van der Waals surface area contributed by atoms with Gasteiger partial charge in [-0.05, 0) is 38.7 Å². The Kier molecular flexibility index (Phi) is 4.76. The lowest BCUT2D eigenvalue weighted by Crippen LogP contribution is -2.41. The zero-order chi connectivity index (χ0) is 14.5. The number of aromatic nitrogens is 2. The van der Waals surface area contributed by atoms with Crippen LogP contribution < -0.4 is 10.6 Å². The molecule has 0 aromatic carbocycles. The molecule has 1 aliphatic rings. The topological polar surface area (TPSA) is 87.6 Å². The average Bonchev–Trinajstić information content (AvgIpc) is 2.46. The first kappa shape index (κ1) is 14.6. The van der Waals surface area contributed by atoms with Crippen LogP contribution >= 0.6 is 0 Å². The van der Waals surface area contributed by atoms with Crippen molar-refractivity contribution in [2.24, 2.45) is 10.9 Å². The van der Waals surface area contributed by atoms with E-state index in [9.17, 15) is 0 Å². The highest BCUT2D eigenvalue weighted by atomic mass is 16.4. The van der Waals surface area contributed by atoms with Gasteiger partial charge in [-0.3, -0.25) is 0 Å². The van der Waals surface area contributed by atoms with Crippen molar-refractivity contribution < 1.29 is 5.21 Å². The molecule has 1 aromatic rings. The Labute approximate surface area is 119 Å². The standard InChI is InChI=1S/C14H23N5O/c1-3-6-11-7-4-5-8-19(11)14-16-10(2)9-12(17-14)13(15)18-20/h9,11,20H,3-8H2,1-2H3,(H2,15,18). The number of oxime groups is 1. The summed E-state index contributed by atoms with van der Waals surface area (Å²) in [4.78, 5) is 11.3. The summed E-state index contributed by atoms with van der Waals surface area (Å²) >= 11 is 0. The van der Waals surface area contributed by atoms with Gasteiger partial charge in [-0.2, -0.15) is 0 Å². The first-order valence-electron chi connectivity index (χ1n) is 7.26. The number of aryl methyl sites for hydroxylation is 1. The third-order valence-electron chi connectivity index (χ3n) is 3.72. The summed E-state index contributed by atoms with van der Waals surface area (Å²) in [7, 11) is 0. The maximum atomic E-state index is 8.81. The normalized spacial score (nSPS) is 20.2. The molecule has 1 atom stereocenters. The molecule has 2 heterocycles. The van der Waals surface area contributed by atoms with Gasteiger partial charge in [0.1, 0.15) is 5.69 Å². The average molecular weight is 277 g/mol. The second-order valence-electron chi connectivity index (χ2n) is 5.31. The van der Waals surface area contributed by atoms with Crippen molar-refractivity contribution in [3.05, 3.63) is 17.5 Å². The van der Waals surface area contributed by atoms with Crippen LogP contribution in [-0.4, -0.2) is 33.6 Å². The third-order valence-corrected chi connectivity index (χ3v) is 3.72. The minimum Gasteiger partial charge on any atom is -0.409 e. The highest BCUT2D eigenvalue weighted by molar-refractivity contribution is 5.95. The molecule has 2 rings (SSSR count). The predicted octanol–water partition coefficient (Wildman–Crippen LogP) is 2.04. The van der Waals surface area contributed by atoms with E-state index in [1.807, 2.05) is 6.92 Å². The van der Waals surface area contributed by atoms with Crippen LogP contribution in [0.25, 0.3) is 0 Å². The van der Waals surface area contributed by atoms with Crippen molar-refractivity contribution in [2.45, 2.75) is 52.0 Å². The summed E-state index contributed by atoms with van der Waals surface area (Å²) < 4.78 is 0. The predicted molar refractivity (Wildman–Crippen MR) is 79.2 cm³/mol. The van der Waals surface area contributed by atoms with Gasteiger partial charge in [0.05, 0.1) is 0 Å². The van der Waals surface area contributed by atoms with Gasteiger partial charge in [-0.15, -0.1) is 0 Å². The summed E-state index contributed by atoms with van der Waals surface area (Å²) in [6.45, 7) is 5.08. The first-order valence-corrected chi connectivity index (χ1v) is 7.26. The highest BCUT2D eigenvalue weighted by Gasteiger charge is 2.24. The molecule has 0 saturated carbocycles. The highest BCUT2D eigenvalue weighted by Crippen LogP contribution is 2.25. The van der Waals surface area contributed by atoms with Crippen molar-refractivity contribution in [3.63, 3.8) is 0 Å². The molecular formula is C14H23N5O. The molecular weight excluding hydrogens is 254 g/mol. The molecule has 6 nitrogen and oxygen atoms in total. The minimum absolute atomic E-state index is 0.0285. The van der Waals surface area contributed by atoms with Crippen LogP contribution in [0, 0.1) is 6.92 Å². The maximum absolute atomic E-state index is 8.81. The molecule has 6 heteroatoms. The van der Waals surface area contributed by atoms with E-state index in [1.54, 1.807) is 6.07 Å². The first-order chi connectivity index (χ1) is 9.65. The van der Waals surface area contributed by atoms with Crippen molar-refractivity contribution in [3.8, 4) is 0 Å². The van der Waals surface area contributed by atoms with Crippen LogP contribution in [-0.2, 0) is 0 Å². The molecule has 1 saturated heterocycles. The number of nitrogens with two attached hydrogens (primary N) is 1. The van der Waals surface area contributed by atoms with E-state index < -0.39 is 0 Å². The third kappa shape index (κ3) is 3.18. The molecule has 1 aliphatic heterocycles. The molecule has 0 bridgehead atoms. The van der Waals surface area contributed by atoms with E-state index >= 15 is 0 Å². The lowest BCUT2D eigenvalue weighted by molar-refractivity contribution is 0.318. The van der Waals surface area contributed by atoms with Gasteiger partial charge in [0.2, 0.25) is 5.95 Å². The van der Waals surface area contributed by atoms with Gasteiger partial charge in [-0.1, -0.05) is 18.5 Å². The summed E-state index contributed by atoms with van der Waals surface area (Å²) in [5.74, 6) is 0.727. The second-order valence-corrected chi connectivity index (χ2v) is 5.31. The Morgan fingerprint density at radius 1 is 1.50 bits per heavy atom. The Bertz CT molecular complexity index is 486.